The highest BCUT2D eigenvalue weighted by molar-refractivity contribution is 6.02. The first-order valence-corrected chi connectivity index (χ1v) is 9.70. The molecule has 0 aliphatic carbocycles. The van der Waals surface area contributed by atoms with Gasteiger partial charge in [0.25, 0.3) is 11.8 Å². The molecule has 6 heteroatoms. The predicted molar refractivity (Wildman–Crippen MR) is 108 cm³/mol. The minimum atomic E-state index is -0.439. The number of carbonyl (C=O) groups excluding carboxylic acids is 2. The maximum atomic E-state index is 12.9. The van der Waals surface area contributed by atoms with Crippen molar-refractivity contribution in [2.24, 2.45) is 0 Å². The summed E-state index contributed by atoms with van der Waals surface area (Å²) in [5, 5.41) is 3.24. The predicted octanol–water partition coefficient (Wildman–Crippen LogP) is 2.90. The van der Waals surface area contributed by atoms with Gasteiger partial charge >= 0.3 is 0 Å². The molecule has 1 saturated heterocycles. The second kappa shape index (κ2) is 7.19. The van der Waals surface area contributed by atoms with Crippen molar-refractivity contribution in [3.63, 3.8) is 0 Å². The standard InChI is InChI=1S/C22H25N3O3/c1-3-25-19-10-5-4-9-18(19)20(26)23-22(25)11-13-24(14-12-22)21(27)16-7-6-8-17(15-16)28-2/h4-10,15H,3,11-14H2,1-2H3,(H,23,26). The fourth-order valence-corrected chi connectivity index (χ4v) is 4.36. The zero-order valence-corrected chi connectivity index (χ0v) is 16.3. The van der Waals surface area contributed by atoms with Crippen LogP contribution in [0.4, 0.5) is 5.69 Å². The van der Waals surface area contributed by atoms with Crippen LogP contribution in [0.1, 0.15) is 40.5 Å². The SMILES string of the molecule is CCN1c2ccccc2C(=O)NC12CCN(C(=O)c1cccc(OC)c1)CC2. The molecule has 4 rings (SSSR count). The van der Waals surface area contributed by atoms with E-state index < -0.39 is 5.66 Å². The fourth-order valence-electron chi connectivity index (χ4n) is 4.36. The number of anilines is 1. The zero-order chi connectivity index (χ0) is 19.7. The molecule has 1 fully saturated rings. The third kappa shape index (κ3) is 2.99. The van der Waals surface area contributed by atoms with Crippen LogP contribution in [0.25, 0.3) is 0 Å². The van der Waals surface area contributed by atoms with E-state index >= 15 is 0 Å². The zero-order valence-electron chi connectivity index (χ0n) is 16.3. The Bertz CT molecular complexity index is 903. The molecule has 0 bridgehead atoms. The molecule has 2 aliphatic heterocycles. The molecule has 0 saturated carbocycles. The molecule has 0 aromatic heterocycles. The second-order valence-electron chi connectivity index (χ2n) is 7.27. The lowest BCUT2D eigenvalue weighted by atomic mass is 9.89. The van der Waals surface area contributed by atoms with Crippen molar-refractivity contribution in [2.45, 2.75) is 25.4 Å². The third-order valence-electron chi connectivity index (χ3n) is 5.81. The molecule has 2 aromatic carbocycles. The van der Waals surface area contributed by atoms with Crippen LogP contribution in [-0.4, -0.2) is 49.1 Å². The summed E-state index contributed by atoms with van der Waals surface area (Å²) < 4.78 is 5.23. The van der Waals surface area contributed by atoms with Gasteiger partial charge in [-0.1, -0.05) is 18.2 Å². The van der Waals surface area contributed by atoms with Gasteiger partial charge in [-0.15, -0.1) is 0 Å². The number of likely N-dealkylation sites (tertiary alicyclic amines) is 1. The Morgan fingerprint density at radius 2 is 1.89 bits per heavy atom. The van der Waals surface area contributed by atoms with Crippen molar-refractivity contribution < 1.29 is 14.3 Å². The highest BCUT2D eigenvalue weighted by Gasteiger charge is 2.45. The molecule has 2 heterocycles. The van der Waals surface area contributed by atoms with Gasteiger partial charge < -0.3 is 19.9 Å². The molecule has 0 radical (unpaired) electrons. The van der Waals surface area contributed by atoms with Crippen molar-refractivity contribution in [1.29, 1.82) is 0 Å². The summed E-state index contributed by atoms with van der Waals surface area (Å²) in [7, 11) is 1.59. The smallest absolute Gasteiger partial charge is 0.255 e. The van der Waals surface area contributed by atoms with E-state index in [1.54, 1.807) is 13.2 Å². The van der Waals surface area contributed by atoms with Crippen molar-refractivity contribution in [2.75, 3.05) is 31.6 Å². The maximum absolute atomic E-state index is 12.9. The number of fused-ring (bicyclic) bond motifs is 1. The number of hydrogen-bond acceptors (Lipinski definition) is 4. The first kappa shape index (κ1) is 18.3. The minimum absolute atomic E-state index is 0.000616. The van der Waals surface area contributed by atoms with Crippen molar-refractivity contribution >= 4 is 17.5 Å². The average molecular weight is 379 g/mol. The lowest BCUT2D eigenvalue weighted by Gasteiger charge is -2.52. The Kier molecular flexibility index (Phi) is 4.71. The number of methoxy groups -OCH3 is 1. The van der Waals surface area contributed by atoms with Gasteiger partial charge in [0, 0.05) is 38.0 Å². The largest absolute Gasteiger partial charge is 0.497 e. The van der Waals surface area contributed by atoms with E-state index in [0.717, 1.165) is 12.2 Å². The van der Waals surface area contributed by atoms with Gasteiger partial charge in [-0.25, -0.2) is 0 Å². The minimum Gasteiger partial charge on any atom is -0.497 e. The van der Waals surface area contributed by atoms with Crippen LogP contribution in [-0.2, 0) is 0 Å². The number of rotatable bonds is 3. The van der Waals surface area contributed by atoms with Gasteiger partial charge in [0.05, 0.1) is 18.4 Å². The Hall–Kier alpha value is -3.02. The average Bonchev–Trinajstić information content (AvgIpc) is 2.74. The molecular weight excluding hydrogens is 354 g/mol. The monoisotopic (exact) mass is 379 g/mol. The molecule has 1 N–H and O–H groups in total. The van der Waals surface area contributed by atoms with Gasteiger partial charge in [0.15, 0.2) is 0 Å². The first-order valence-electron chi connectivity index (χ1n) is 9.70. The number of nitrogens with one attached hydrogen (secondary N) is 1. The Balaban J connectivity index is 1.54. The van der Waals surface area contributed by atoms with Crippen LogP contribution in [0.5, 0.6) is 5.75 Å². The first-order chi connectivity index (χ1) is 13.6. The molecule has 0 atom stereocenters. The normalized spacial score (nSPS) is 17.9. The fraction of sp³-hybridized carbons (Fsp3) is 0.364. The van der Waals surface area contributed by atoms with Gasteiger partial charge in [0.1, 0.15) is 11.4 Å². The van der Waals surface area contributed by atoms with E-state index in [2.05, 4.69) is 17.1 Å². The Morgan fingerprint density at radius 3 is 2.61 bits per heavy atom. The summed E-state index contributed by atoms with van der Waals surface area (Å²) in [6.07, 6.45) is 1.38. The van der Waals surface area contributed by atoms with E-state index in [0.29, 0.717) is 42.8 Å². The summed E-state index contributed by atoms with van der Waals surface area (Å²) in [5.74, 6) is 0.639. The van der Waals surface area contributed by atoms with E-state index in [1.807, 2.05) is 47.4 Å². The van der Waals surface area contributed by atoms with Crippen LogP contribution in [0.3, 0.4) is 0 Å². The van der Waals surface area contributed by atoms with E-state index in [-0.39, 0.29) is 11.8 Å². The highest BCUT2D eigenvalue weighted by Crippen LogP contribution is 2.37. The number of benzene rings is 2. The molecule has 2 aliphatic rings. The number of para-hydroxylation sites is 1. The number of amides is 2. The number of ether oxygens (including phenoxy) is 1. The molecule has 0 unspecified atom stereocenters. The number of piperidine rings is 1. The number of hydrogen-bond donors (Lipinski definition) is 1. The molecule has 6 nitrogen and oxygen atoms in total. The number of carbonyl (C=O) groups is 2. The van der Waals surface area contributed by atoms with Crippen LogP contribution in [0.15, 0.2) is 48.5 Å². The van der Waals surface area contributed by atoms with Gasteiger partial charge in [0.2, 0.25) is 0 Å². The maximum Gasteiger partial charge on any atom is 0.255 e. The lowest BCUT2D eigenvalue weighted by Crippen LogP contribution is -2.68. The van der Waals surface area contributed by atoms with Crippen LogP contribution in [0.2, 0.25) is 0 Å². The van der Waals surface area contributed by atoms with Gasteiger partial charge in [-0.05, 0) is 37.3 Å². The van der Waals surface area contributed by atoms with Crippen LogP contribution >= 0.6 is 0 Å². The summed E-state index contributed by atoms with van der Waals surface area (Å²) in [4.78, 5) is 29.8. The van der Waals surface area contributed by atoms with Crippen molar-refractivity contribution in [3.8, 4) is 5.75 Å². The summed E-state index contributed by atoms with van der Waals surface area (Å²) >= 11 is 0. The van der Waals surface area contributed by atoms with Gasteiger partial charge in [-0.3, -0.25) is 9.59 Å². The van der Waals surface area contributed by atoms with Crippen molar-refractivity contribution in [3.05, 3.63) is 59.7 Å². The highest BCUT2D eigenvalue weighted by atomic mass is 16.5. The molecule has 2 amide bonds. The third-order valence-corrected chi connectivity index (χ3v) is 5.81. The van der Waals surface area contributed by atoms with Crippen molar-refractivity contribution in [1.82, 2.24) is 10.2 Å². The van der Waals surface area contributed by atoms with E-state index in [1.165, 1.54) is 0 Å². The lowest BCUT2D eigenvalue weighted by molar-refractivity contribution is 0.0603. The quantitative estimate of drug-likeness (QED) is 0.891. The summed E-state index contributed by atoms with van der Waals surface area (Å²) in [6.45, 7) is 4.08. The van der Waals surface area contributed by atoms with Crippen LogP contribution < -0.4 is 15.0 Å². The molecule has 2 aromatic rings. The topological polar surface area (TPSA) is 61.9 Å². The summed E-state index contributed by atoms with van der Waals surface area (Å²) in [5.41, 5.74) is 1.87. The van der Waals surface area contributed by atoms with E-state index in [4.69, 9.17) is 4.74 Å². The molecule has 28 heavy (non-hydrogen) atoms. The van der Waals surface area contributed by atoms with Gasteiger partial charge in [-0.2, -0.15) is 0 Å². The Morgan fingerprint density at radius 1 is 1.14 bits per heavy atom. The molecule has 1 spiro atoms. The van der Waals surface area contributed by atoms with Crippen LogP contribution in [0, 0.1) is 0 Å². The van der Waals surface area contributed by atoms with E-state index in [9.17, 15) is 9.59 Å². The second-order valence-corrected chi connectivity index (χ2v) is 7.27. The Labute approximate surface area is 165 Å². The number of nitrogens with zero attached hydrogens (tertiary/aromatic N) is 2. The molecular formula is C22H25N3O3. The summed E-state index contributed by atoms with van der Waals surface area (Å²) in [6, 6.07) is 15.0. The molecule has 146 valence electrons.